The molecule has 134 valence electrons. The van der Waals surface area contributed by atoms with E-state index in [9.17, 15) is 19.7 Å². The molecule has 3 rings (SSSR count). The Morgan fingerprint density at radius 3 is 2.65 bits per heavy atom. The van der Waals surface area contributed by atoms with E-state index >= 15 is 0 Å². The van der Waals surface area contributed by atoms with Crippen LogP contribution in [0.1, 0.15) is 28.8 Å². The highest BCUT2D eigenvalue weighted by Gasteiger charge is 2.26. The molecule has 0 saturated carbocycles. The fourth-order valence-electron chi connectivity index (χ4n) is 3.01. The number of nitro groups is 1. The highest BCUT2D eigenvalue weighted by molar-refractivity contribution is 5.96. The summed E-state index contributed by atoms with van der Waals surface area (Å²) in [5.41, 5.74) is 2.14. The van der Waals surface area contributed by atoms with Gasteiger partial charge >= 0.3 is 0 Å². The molecule has 7 nitrogen and oxygen atoms in total. The Labute approximate surface area is 150 Å². The van der Waals surface area contributed by atoms with Crippen LogP contribution in [0.15, 0.2) is 48.5 Å². The molecule has 1 N–H and O–H groups in total. The number of carbonyl (C=O) groups is 2. The quantitative estimate of drug-likeness (QED) is 0.491. The molecular formula is C19H19N3O4. The maximum Gasteiger partial charge on any atom is 0.271 e. The Kier molecular flexibility index (Phi) is 5.26. The van der Waals surface area contributed by atoms with Crippen molar-refractivity contribution in [2.75, 3.05) is 18.0 Å². The smallest absolute Gasteiger partial charge is 0.271 e. The van der Waals surface area contributed by atoms with Gasteiger partial charge in [-0.15, -0.1) is 0 Å². The van der Waals surface area contributed by atoms with Crippen molar-refractivity contribution < 1.29 is 14.5 Å². The predicted molar refractivity (Wildman–Crippen MR) is 97.2 cm³/mol. The fourth-order valence-corrected chi connectivity index (χ4v) is 3.01. The first kappa shape index (κ1) is 17.6. The Balaban J connectivity index is 1.52. The van der Waals surface area contributed by atoms with Crippen molar-refractivity contribution in [1.82, 2.24) is 5.32 Å². The number of anilines is 1. The van der Waals surface area contributed by atoms with E-state index in [2.05, 4.69) is 5.32 Å². The maximum absolute atomic E-state index is 12.4. The molecule has 1 aliphatic rings. The minimum atomic E-state index is -0.458. The van der Waals surface area contributed by atoms with Crippen molar-refractivity contribution in [2.45, 2.75) is 19.3 Å². The zero-order valence-corrected chi connectivity index (χ0v) is 14.2. The van der Waals surface area contributed by atoms with Gasteiger partial charge in [-0.1, -0.05) is 24.3 Å². The van der Waals surface area contributed by atoms with E-state index in [0.29, 0.717) is 37.2 Å². The third-order valence-electron chi connectivity index (χ3n) is 4.37. The van der Waals surface area contributed by atoms with Crippen LogP contribution in [0.25, 0.3) is 0 Å². The van der Waals surface area contributed by atoms with Gasteiger partial charge in [-0.05, 0) is 30.5 Å². The number of non-ortho nitro benzene ring substituents is 1. The molecule has 0 unspecified atom stereocenters. The van der Waals surface area contributed by atoms with E-state index in [0.717, 1.165) is 5.56 Å². The molecule has 0 spiro atoms. The standard InChI is InChI=1S/C19H19N3O4/c23-18(7-4-11-20-19(24)15-5-2-1-3-6-15)21-12-10-14-8-9-16(22(25)26)13-17(14)21/h1-3,5-6,8-9,13H,4,7,10-12H2,(H,20,24). The largest absolute Gasteiger partial charge is 0.352 e. The summed E-state index contributed by atoms with van der Waals surface area (Å²) in [5.74, 6) is -0.251. The van der Waals surface area contributed by atoms with Crippen molar-refractivity contribution in [3.05, 3.63) is 69.8 Å². The summed E-state index contributed by atoms with van der Waals surface area (Å²) in [6.45, 7) is 0.931. The molecular weight excluding hydrogens is 334 g/mol. The highest BCUT2D eigenvalue weighted by Crippen LogP contribution is 2.32. The normalized spacial score (nSPS) is 12.5. The van der Waals surface area contributed by atoms with Crippen LogP contribution in [0, 0.1) is 10.1 Å². The molecule has 0 aliphatic carbocycles. The number of nitro benzene ring substituents is 1. The molecule has 1 aliphatic heterocycles. The molecule has 2 amide bonds. The average Bonchev–Trinajstić information content (AvgIpc) is 3.08. The van der Waals surface area contributed by atoms with E-state index < -0.39 is 4.92 Å². The van der Waals surface area contributed by atoms with Crippen molar-refractivity contribution in [2.24, 2.45) is 0 Å². The lowest BCUT2D eigenvalue weighted by atomic mass is 10.1. The lowest BCUT2D eigenvalue weighted by Crippen LogP contribution is -2.30. The number of rotatable bonds is 6. The van der Waals surface area contributed by atoms with Gasteiger partial charge in [-0.2, -0.15) is 0 Å². The number of nitrogens with zero attached hydrogens (tertiary/aromatic N) is 2. The summed E-state index contributed by atoms with van der Waals surface area (Å²) in [5, 5.41) is 13.7. The zero-order chi connectivity index (χ0) is 18.5. The van der Waals surface area contributed by atoms with E-state index in [1.165, 1.54) is 12.1 Å². The van der Waals surface area contributed by atoms with Crippen molar-refractivity contribution in [1.29, 1.82) is 0 Å². The molecule has 0 fully saturated rings. The summed E-state index contributed by atoms with van der Waals surface area (Å²) in [6.07, 6.45) is 1.49. The number of nitrogens with one attached hydrogen (secondary N) is 1. The number of hydrogen-bond donors (Lipinski definition) is 1. The monoisotopic (exact) mass is 353 g/mol. The predicted octanol–water partition coefficient (Wildman–Crippen LogP) is 2.69. The maximum atomic E-state index is 12.4. The van der Waals surface area contributed by atoms with Gasteiger partial charge in [0.25, 0.3) is 11.6 Å². The van der Waals surface area contributed by atoms with Crippen LogP contribution < -0.4 is 10.2 Å². The molecule has 0 aromatic heterocycles. The van der Waals surface area contributed by atoms with Gasteiger partial charge in [-0.3, -0.25) is 19.7 Å². The van der Waals surface area contributed by atoms with Gasteiger partial charge in [0.1, 0.15) is 0 Å². The van der Waals surface area contributed by atoms with Crippen LogP contribution in [-0.2, 0) is 11.2 Å². The summed E-state index contributed by atoms with van der Waals surface area (Å²) < 4.78 is 0. The fraction of sp³-hybridized carbons (Fsp3) is 0.263. The van der Waals surface area contributed by atoms with Crippen LogP contribution in [0.4, 0.5) is 11.4 Å². The van der Waals surface area contributed by atoms with E-state index in [1.807, 2.05) is 6.07 Å². The Morgan fingerprint density at radius 1 is 1.15 bits per heavy atom. The van der Waals surface area contributed by atoms with Gasteiger partial charge < -0.3 is 10.2 Å². The second kappa shape index (κ2) is 7.77. The Hall–Kier alpha value is -3.22. The molecule has 0 bridgehead atoms. The van der Waals surface area contributed by atoms with Crippen molar-refractivity contribution in [3.63, 3.8) is 0 Å². The van der Waals surface area contributed by atoms with Crippen LogP contribution in [0.5, 0.6) is 0 Å². The van der Waals surface area contributed by atoms with Crippen LogP contribution in [-0.4, -0.2) is 29.8 Å². The molecule has 7 heteroatoms. The summed E-state index contributed by atoms with van der Waals surface area (Å²) in [6, 6.07) is 13.5. The lowest BCUT2D eigenvalue weighted by molar-refractivity contribution is -0.384. The molecule has 26 heavy (non-hydrogen) atoms. The van der Waals surface area contributed by atoms with E-state index in [4.69, 9.17) is 0 Å². The van der Waals surface area contributed by atoms with Gasteiger partial charge in [0, 0.05) is 37.2 Å². The average molecular weight is 353 g/mol. The SMILES string of the molecule is O=C(NCCCC(=O)N1CCc2ccc([N+](=O)[O-])cc21)c1ccccc1. The number of carbonyl (C=O) groups excluding carboxylic acids is 2. The summed E-state index contributed by atoms with van der Waals surface area (Å²) in [4.78, 5) is 36.5. The topological polar surface area (TPSA) is 92.6 Å². The van der Waals surface area contributed by atoms with E-state index in [1.54, 1.807) is 35.2 Å². The first-order valence-corrected chi connectivity index (χ1v) is 8.47. The van der Waals surface area contributed by atoms with E-state index in [-0.39, 0.29) is 23.9 Å². The second-order valence-electron chi connectivity index (χ2n) is 6.09. The number of fused-ring (bicyclic) bond motifs is 1. The second-order valence-corrected chi connectivity index (χ2v) is 6.09. The number of hydrogen-bond acceptors (Lipinski definition) is 4. The number of amides is 2. The van der Waals surface area contributed by atoms with Gasteiger partial charge in [0.2, 0.25) is 5.91 Å². The van der Waals surface area contributed by atoms with Crippen LogP contribution in [0.2, 0.25) is 0 Å². The van der Waals surface area contributed by atoms with Crippen molar-refractivity contribution >= 4 is 23.2 Å². The molecule has 1 heterocycles. The molecule has 0 saturated heterocycles. The third-order valence-corrected chi connectivity index (χ3v) is 4.37. The highest BCUT2D eigenvalue weighted by atomic mass is 16.6. The molecule has 0 radical (unpaired) electrons. The van der Waals surface area contributed by atoms with Gasteiger partial charge in [-0.25, -0.2) is 0 Å². The Bertz CT molecular complexity index is 836. The minimum absolute atomic E-state index is 0.0152. The Morgan fingerprint density at radius 2 is 1.92 bits per heavy atom. The van der Waals surface area contributed by atoms with Crippen LogP contribution in [0.3, 0.4) is 0 Å². The zero-order valence-electron chi connectivity index (χ0n) is 14.2. The first-order chi connectivity index (χ1) is 12.6. The van der Waals surface area contributed by atoms with Crippen LogP contribution >= 0.6 is 0 Å². The molecule has 0 atom stereocenters. The molecule has 2 aromatic carbocycles. The van der Waals surface area contributed by atoms with Gasteiger partial charge in [0.05, 0.1) is 10.6 Å². The van der Waals surface area contributed by atoms with Gasteiger partial charge in [0.15, 0.2) is 0 Å². The lowest BCUT2D eigenvalue weighted by Gasteiger charge is -2.17. The first-order valence-electron chi connectivity index (χ1n) is 8.47. The minimum Gasteiger partial charge on any atom is -0.352 e. The summed E-state index contributed by atoms with van der Waals surface area (Å²) >= 11 is 0. The third kappa shape index (κ3) is 3.88. The molecule has 2 aromatic rings. The summed E-state index contributed by atoms with van der Waals surface area (Å²) in [7, 11) is 0. The number of benzene rings is 2. The van der Waals surface area contributed by atoms with Crippen molar-refractivity contribution in [3.8, 4) is 0 Å².